The van der Waals surface area contributed by atoms with Crippen LogP contribution >= 0.6 is 0 Å². The van der Waals surface area contributed by atoms with Gasteiger partial charge >= 0.3 is 0 Å². The lowest BCUT2D eigenvalue weighted by Crippen LogP contribution is -2.36. The monoisotopic (exact) mass is 300 g/mol. The third-order valence-electron chi connectivity index (χ3n) is 4.88. The summed E-state index contributed by atoms with van der Waals surface area (Å²) >= 11 is 0. The van der Waals surface area contributed by atoms with Gasteiger partial charge in [-0.1, -0.05) is 42.7 Å². The van der Waals surface area contributed by atoms with E-state index < -0.39 is 0 Å². The second-order valence-corrected chi connectivity index (χ2v) is 6.59. The molecule has 3 rings (SSSR count). The summed E-state index contributed by atoms with van der Waals surface area (Å²) in [4.78, 5) is 26.4. The van der Waals surface area contributed by atoms with Crippen LogP contribution in [0.25, 0.3) is 0 Å². The Labute approximate surface area is 131 Å². The second kappa shape index (κ2) is 6.51. The quantitative estimate of drug-likeness (QED) is 0.928. The number of benzene rings is 1. The molecule has 4 heteroatoms. The number of hydrogen-bond donors (Lipinski definition) is 1. The van der Waals surface area contributed by atoms with Crippen LogP contribution in [0.5, 0.6) is 0 Å². The number of likely N-dealkylation sites (tertiary alicyclic amines) is 1. The van der Waals surface area contributed by atoms with Gasteiger partial charge in [-0.05, 0) is 25.3 Å². The first-order chi connectivity index (χ1) is 10.6. The molecule has 2 aliphatic rings. The zero-order valence-electron chi connectivity index (χ0n) is 13.2. The van der Waals surface area contributed by atoms with Gasteiger partial charge in [0.1, 0.15) is 0 Å². The van der Waals surface area contributed by atoms with Gasteiger partial charge in [-0.25, -0.2) is 0 Å². The SMILES string of the molecule is Cc1ccc(CNC(=O)[C@@H]2CC(=O)N(C3CCCC3)C2)cc1. The molecule has 0 aromatic heterocycles. The fraction of sp³-hybridized carbons (Fsp3) is 0.556. The molecule has 2 fully saturated rings. The molecule has 1 heterocycles. The van der Waals surface area contributed by atoms with Gasteiger partial charge < -0.3 is 10.2 Å². The molecule has 1 aliphatic heterocycles. The number of nitrogens with one attached hydrogen (secondary N) is 1. The summed E-state index contributed by atoms with van der Waals surface area (Å²) < 4.78 is 0. The van der Waals surface area contributed by atoms with Gasteiger partial charge in [0.15, 0.2) is 0 Å². The van der Waals surface area contributed by atoms with Crippen LogP contribution in [0.1, 0.15) is 43.2 Å². The molecule has 1 aromatic rings. The molecule has 0 bridgehead atoms. The standard InChI is InChI=1S/C18H24N2O2/c1-13-6-8-14(9-7-13)11-19-18(22)15-10-17(21)20(12-15)16-4-2-3-5-16/h6-9,15-16H,2-5,10-12H2,1H3,(H,19,22)/t15-/m1/s1. The van der Waals surface area contributed by atoms with E-state index in [0.717, 1.165) is 18.4 Å². The van der Waals surface area contributed by atoms with Gasteiger partial charge in [0, 0.05) is 25.6 Å². The molecule has 1 atom stereocenters. The molecule has 0 radical (unpaired) electrons. The Kier molecular flexibility index (Phi) is 4.46. The van der Waals surface area contributed by atoms with Crippen LogP contribution in [0.3, 0.4) is 0 Å². The predicted octanol–water partition coefficient (Wildman–Crippen LogP) is 2.40. The normalized spacial score (nSPS) is 22.3. The number of rotatable bonds is 4. The molecular weight excluding hydrogens is 276 g/mol. The highest BCUT2D eigenvalue weighted by atomic mass is 16.2. The molecule has 1 saturated carbocycles. The minimum absolute atomic E-state index is 0.00872. The number of amides is 2. The molecule has 4 nitrogen and oxygen atoms in total. The number of carbonyl (C=O) groups excluding carboxylic acids is 2. The lowest BCUT2D eigenvalue weighted by molar-refractivity contribution is -0.130. The van der Waals surface area contributed by atoms with E-state index in [1.165, 1.54) is 18.4 Å². The molecule has 1 N–H and O–H groups in total. The third kappa shape index (κ3) is 3.32. The van der Waals surface area contributed by atoms with Crippen molar-refractivity contribution in [1.82, 2.24) is 10.2 Å². The van der Waals surface area contributed by atoms with Crippen LogP contribution in [0.4, 0.5) is 0 Å². The van der Waals surface area contributed by atoms with Gasteiger partial charge in [-0.2, -0.15) is 0 Å². The summed E-state index contributed by atoms with van der Waals surface area (Å²) in [5.74, 6) is -0.0182. The number of carbonyl (C=O) groups is 2. The fourth-order valence-electron chi connectivity index (χ4n) is 3.52. The summed E-state index contributed by atoms with van der Waals surface area (Å²) in [5.41, 5.74) is 2.31. The maximum atomic E-state index is 12.3. The van der Waals surface area contributed by atoms with Crippen LogP contribution in [-0.4, -0.2) is 29.3 Å². The topological polar surface area (TPSA) is 49.4 Å². The van der Waals surface area contributed by atoms with Crippen LogP contribution in [0, 0.1) is 12.8 Å². The lowest BCUT2D eigenvalue weighted by Gasteiger charge is -2.23. The molecule has 2 amide bonds. The van der Waals surface area contributed by atoms with E-state index in [0.29, 0.717) is 25.6 Å². The molecule has 118 valence electrons. The molecule has 1 saturated heterocycles. The Balaban J connectivity index is 1.52. The zero-order chi connectivity index (χ0) is 15.5. The van der Waals surface area contributed by atoms with E-state index in [1.807, 2.05) is 36.1 Å². The number of hydrogen-bond acceptors (Lipinski definition) is 2. The average molecular weight is 300 g/mol. The van der Waals surface area contributed by atoms with E-state index in [9.17, 15) is 9.59 Å². The maximum absolute atomic E-state index is 12.3. The van der Waals surface area contributed by atoms with Gasteiger partial charge in [-0.3, -0.25) is 9.59 Å². The largest absolute Gasteiger partial charge is 0.352 e. The summed E-state index contributed by atoms with van der Waals surface area (Å²) in [5, 5.41) is 2.97. The Hall–Kier alpha value is -1.84. The summed E-state index contributed by atoms with van der Waals surface area (Å²) in [6.45, 7) is 3.18. The van der Waals surface area contributed by atoms with Crippen molar-refractivity contribution in [3.8, 4) is 0 Å². The van der Waals surface area contributed by atoms with Crippen molar-refractivity contribution in [3.63, 3.8) is 0 Å². The van der Waals surface area contributed by atoms with Crippen molar-refractivity contribution in [2.24, 2.45) is 5.92 Å². The van der Waals surface area contributed by atoms with Crippen molar-refractivity contribution in [2.45, 2.75) is 51.6 Å². The minimum atomic E-state index is -0.182. The Morgan fingerprint density at radius 1 is 1.23 bits per heavy atom. The van der Waals surface area contributed by atoms with E-state index in [2.05, 4.69) is 5.32 Å². The van der Waals surface area contributed by atoms with E-state index in [1.54, 1.807) is 0 Å². The van der Waals surface area contributed by atoms with Gasteiger partial charge in [0.2, 0.25) is 11.8 Å². The molecule has 1 aromatic carbocycles. The molecule has 22 heavy (non-hydrogen) atoms. The van der Waals surface area contributed by atoms with Crippen molar-refractivity contribution in [1.29, 1.82) is 0 Å². The van der Waals surface area contributed by atoms with Crippen LogP contribution in [0.15, 0.2) is 24.3 Å². The van der Waals surface area contributed by atoms with E-state index in [-0.39, 0.29) is 17.7 Å². The number of nitrogens with zero attached hydrogens (tertiary/aromatic N) is 1. The minimum Gasteiger partial charge on any atom is -0.352 e. The molecular formula is C18H24N2O2. The molecule has 0 unspecified atom stereocenters. The average Bonchev–Trinajstić information content (AvgIpc) is 3.15. The van der Waals surface area contributed by atoms with Crippen LogP contribution in [0.2, 0.25) is 0 Å². The lowest BCUT2D eigenvalue weighted by atomic mass is 10.1. The summed E-state index contributed by atoms with van der Waals surface area (Å²) in [7, 11) is 0. The first-order valence-corrected chi connectivity index (χ1v) is 8.26. The summed E-state index contributed by atoms with van der Waals surface area (Å²) in [6.07, 6.45) is 4.99. The van der Waals surface area contributed by atoms with Gasteiger partial charge in [-0.15, -0.1) is 0 Å². The summed E-state index contributed by atoms with van der Waals surface area (Å²) in [6, 6.07) is 8.52. The first kappa shape index (κ1) is 15.1. The highest BCUT2D eigenvalue weighted by Gasteiger charge is 2.38. The first-order valence-electron chi connectivity index (χ1n) is 8.26. The Morgan fingerprint density at radius 3 is 2.59 bits per heavy atom. The van der Waals surface area contributed by atoms with E-state index in [4.69, 9.17) is 0 Å². The highest BCUT2D eigenvalue weighted by Crippen LogP contribution is 2.29. The Morgan fingerprint density at radius 2 is 1.91 bits per heavy atom. The van der Waals surface area contributed by atoms with Crippen LogP contribution < -0.4 is 5.32 Å². The van der Waals surface area contributed by atoms with Crippen molar-refractivity contribution in [2.75, 3.05) is 6.54 Å². The smallest absolute Gasteiger partial charge is 0.225 e. The van der Waals surface area contributed by atoms with Crippen molar-refractivity contribution < 1.29 is 9.59 Å². The van der Waals surface area contributed by atoms with E-state index >= 15 is 0 Å². The Bertz CT molecular complexity index is 547. The maximum Gasteiger partial charge on any atom is 0.225 e. The number of aryl methyl sites for hydroxylation is 1. The second-order valence-electron chi connectivity index (χ2n) is 6.59. The fourth-order valence-corrected chi connectivity index (χ4v) is 3.52. The van der Waals surface area contributed by atoms with Crippen molar-refractivity contribution >= 4 is 11.8 Å². The zero-order valence-corrected chi connectivity index (χ0v) is 13.2. The molecule has 1 aliphatic carbocycles. The highest BCUT2D eigenvalue weighted by molar-refractivity contribution is 5.89. The van der Waals surface area contributed by atoms with Gasteiger partial charge in [0.05, 0.1) is 5.92 Å². The third-order valence-corrected chi connectivity index (χ3v) is 4.88. The van der Waals surface area contributed by atoms with Gasteiger partial charge in [0.25, 0.3) is 0 Å². The van der Waals surface area contributed by atoms with Crippen molar-refractivity contribution in [3.05, 3.63) is 35.4 Å². The molecule has 0 spiro atoms. The van der Waals surface area contributed by atoms with Crippen LogP contribution in [-0.2, 0) is 16.1 Å². The predicted molar refractivity (Wildman–Crippen MR) is 85.1 cm³/mol.